The summed E-state index contributed by atoms with van der Waals surface area (Å²) in [5.41, 5.74) is -0.0365. The molecule has 0 amide bonds. The van der Waals surface area contributed by atoms with Gasteiger partial charge in [0.15, 0.2) is 5.69 Å². The fraction of sp³-hybridized carbons (Fsp3) is 0.182. The molecule has 1 aromatic carbocycles. The van der Waals surface area contributed by atoms with E-state index in [1.165, 1.54) is 0 Å². The van der Waals surface area contributed by atoms with E-state index in [9.17, 15) is 13.6 Å². The average molecular weight is 332 g/mol. The van der Waals surface area contributed by atoms with E-state index in [0.717, 1.165) is 12.1 Å². The summed E-state index contributed by atoms with van der Waals surface area (Å²) in [5, 5.41) is 9.60. The first-order chi connectivity index (χ1) is 9.04. The zero-order chi connectivity index (χ0) is 14.0. The zero-order valence-electron chi connectivity index (χ0n) is 9.71. The van der Waals surface area contributed by atoms with Gasteiger partial charge in [0.05, 0.1) is 11.1 Å². The Morgan fingerprint density at radius 2 is 2.16 bits per heavy atom. The lowest BCUT2D eigenvalue weighted by molar-refractivity contribution is 0.0520. The Morgan fingerprint density at radius 3 is 2.84 bits per heavy atom. The second-order valence-electron chi connectivity index (χ2n) is 3.49. The van der Waals surface area contributed by atoms with E-state index < -0.39 is 17.6 Å². The third-order valence-electron chi connectivity index (χ3n) is 2.26. The normalized spacial score (nSPS) is 10.5. The summed E-state index contributed by atoms with van der Waals surface area (Å²) in [6, 6.07) is 1.77. The average Bonchev–Trinajstić information content (AvgIpc) is 2.83. The van der Waals surface area contributed by atoms with Crippen LogP contribution in [0.15, 0.2) is 16.6 Å². The number of aromatic nitrogens is 3. The summed E-state index contributed by atoms with van der Waals surface area (Å²) in [5.74, 6) is -2.30. The Hall–Kier alpha value is -1.83. The van der Waals surface area contributed by atoms with E-state index in [-0.39, 0.29) is 28.0 Å². The van der Waals surface area contributed by atoms with Gasteiger partial charge in [-0.1, -0.05) is 0 Å². The first-order valence-corrected chi connectivity index (χ1v) is 6.06. The Kier molecular flexibility index (Phi) is 3.89. The summed E-state index contributed by atoms with van der Waals surface area (Å²) >= 11 is 2.98. The standard InChI is InChI=1S/C11H8BrF2N3O2/c1-2-19-11(18)10-9(15-17-16-10)6-3-5(13)4-7(14)8(6)12/h3-4H,2H2,1H3,(H,15,16,17). The van der Waals surface area contributed by atoms with Crippen LogP contribution < -0.4 is 0 Å². The van der Waals surface area contributed by atoms with E-state index in [4.69, 9.17) is 4.74 Å². The van der Waals surface area contributed by atoms with Gasteiger partial charge >= 0.3 is 5.97 Å². The summed E-state index contributed by atoms with van der Waals surface area (Å²) in [7, 11) is 0. The topological polar surface area (TPSA) is 67.9 Å². The summed E-state index contributed by atoms with van der Waals surface area (Å²) in [6.45, 7) is 1.79. The van der Waals surface area contributed by atoms with Gasteiger partial charge in [-0.3, -0.25) is 0 Å². The lowest BCUT2D eigenvalue weighted by atomic mass is 10.1. The van der Waals surface area contributed by atoms with Crippen molar-refractivity contribution in [3.63, 3.8) is 0 Å². The molecule has 0 atom stereocenters. The Labute approximate surface area is 115 Å². The van der Waals surface area contributed by atoms with Gasteiger partial charge in [-0.25, -0.2) is 13.6 Å². The van der Waals surface area contributed by atoms with Crippen molar-refractivity contribution in [1.29, 1.82) is 0 Å². The molecule has 0 bridgehead atoms. The number of carbonyl (C=O) groups excluding carboxylic acids is 1. The van der Waals surface area contributed by atoms with Crippen LogP contribution in [0.2, 0.25) is 0 Å². The van der Waals surface area contributed by atoms with Crippen molar-refractivity contribution in [2.45, 2.75) is 6.92 Å². The number of carbonyl (C=O) groups is 1. The van der Waals surface area contributed by atoms with E-state index in [0.29, 0.717) is 0 Å². The van der Waals surface area contributed by atoms with Crippen molar-refractivity contribution in [3.8, 4) is 11.3 Å². The molecule has 1 N–H and O–H groups in total. The number of nitrogens with one attached hydrogen (secondary N) is 1. The fourth-order valence-corrected chi connectivity index (χ4v) is 1.91. The van der Waals surface area contributed by atoms with Gasteiger partial charge in [0.2, 0.25) is 0 Å². The minimum absolute atomic E-state index is 0.00616. The molecule has 2 aromatic rings. The fourth-order valence-electron chi connectivity index (χ4n) is 1.49. The number of nitrogens with zero attached hydrogens (tertiary/aromatic N) is 2. The zero-order valence-corrected chi connectivity index (χ0v) is 11.3. The minimum atomic E-state index is -0.798. The maximum atomic E-state index is 13.5. The molecular weight excluding hydrogens is 324 g/mol. The van der Waals surface area contributed by atoms with E-state index in [1.807, 2.05) is 0 Å². The highest BCUT2D eigenvalue weighted by atomic mass is 79.9. The first kappa shape index (κ1) is 13.6. The molecule has 1 aromatic heterocycles. The molecule has 0 spiro atoms. The van der Waals surface area contributed by atoms with E-state index >= 15 is 0 Å². The third kappa shape index (κ3) is 2.62. The number of aromatic amines is 1. The van der Waals surface area contributed by atoms with Gasteiger partial charge < -0.3 is 4.74 Å². The number of hydrogen-bond donors (Lipinski definition) is 1. The predicted octanol–water partition coefficient (Wildman–Crippen LogP) is 2.69. The number of esters is 1. The summed E-state index contributed by atoms with van der Waals surface area (Å²) in [6.07, 6.45) is 0. The highest BCUT2D eigenvalue weighted by Crippen LogP contribution is 2.31. The van der Waals surface area contributed by atoms with Gasteiger partial charge in [0.25, 0.3) is 0 Å². The molecular formula is C11H8BrF2N3O2. The molecule has 5 nitrogen and oxygen atoms in total. The number of hydrogen-bond acceptors (Lipinski definition) is 4. The van der Waals surface area contributed by atoms with Gasteiger partial charge in [-0.15, -0.1) is 5.10 Å². The maximum absolute atomic E-state index is 13.5. The van der Waals surface area contributed by atoms with Crippen molar-refractivity contribution < 1.29 is 18.3 Å². The van der Waals surface area contributed by atoms with Crippen LogP contribution >= 0.6 is 15.9 Å². The number of halogens is 3. The molecule has 0 aliphatic heterocycles. The maximum Gasteiger partial charge on any atom is 0.361 e. The van der Waals surface area contributed by atoms with Crippen LogP contribution in [-0.2, 0) is 4.74 Å². The number of benzene rings is 1. The second-order valence-corrected chi connectivity index (χ2v) is 4.28. The van der Waals surface area contributed by atoms with Gasteiger partial charge in [0, 0.05) is 11.6 Å². The van der Waals surface area contributed by atoms with Crippen LogP contribution in [0.1, 0.15) is 17.4 Å². The molecule has 2 rings (SSSR count). The van der Waals surface area contributed by atoms with Crippen LogP contribution in [0, 0.1) is 11.6 Å². The van der Waals surface area contributed by atoms with E-state index in [1.54, 1.807) is 6.92 Å². The van der Waals surface area contributed by atoms with Crippen molar-refractivity contribution >= 4 is 21.9 Å². The third-order valence-corrected chi connectivity index (χ3v) is 3.07. The van der Waals surface area contributed by atoms with E-state index in [2.05, 4.69) is 31.3 Å². The molecule has 0 fully saturated rings. The molecule has 8 heteroatoms. The van der Waals surface area contributed by atoms with Gasteiger partial charge in [-0.05, 0) is 28.9 Å². The molecule has 0 aliphatic carbocycles. The molecule has 0 unspecified atom stereocenters. The molecule has 0 saturated carbocycles. The minimum Gasteiger partial charge on any atom is -0.461 e. The molecule has 100 valence electrons. The van der Waals surface area contributed by atoms with Crippen LogP contribution in [-0.4, -0.2) is 28.0 Å². The largest absolute Gasteiger partial charge is 0.461 e. The van der Waals surface area contributed by atoms with Crippen molar-refractivity contribution in [1.82, 2.24) is 15.4 Å². The van der Waals surface area contributed by atoms with Crippen molar-refractivity contribution in [3.05, 3.63) is 33.9 Å². The smallest absolute Gasteiger partial charge is 0.361 e. The quantitative estimate of drug-likeness (QED) is 0.693. The van der Waals surface area contributed by atoms with Crippen LogP contribution in [0.5, 0.6) is 0 Å². The summed E-state index contributed by atoms with van der Waals surface area (Å²) in [4.78, 5) is 11.6. The molecule has 0 aliphatic rings. The second kappa shape index (κ2) is 5.43. The molecule has 19 heavy (non-hydrogen) atoms. The Balaban J connectivity index is 2.54. The molecule has 0 saturated heterocycles. The van der Waals surface area contributed by atoms with Crippen molar-refractivity contribution in [2.75, 3.05) is 6.61 Å². The van der Waals surface area contributed by atoms with Gasteiger partial charge in [0.1, 0.15) is 17.3 Å². The van der Waals surface area contributed by atoms with Crippen LogP contribution in [0.3, 0.4) is 0 Å². The molecule has 1 heterocycles. The SMILES string of the molecule is CCOC(=O)c1n[nH]nc1-c1cc(F)cc(F)c1Br. The monoisotopic (exact) mass is 331 g/mol. The lowest BCUT2D eigenvalue weighted by Crippen LogP contribution is -2.07. The Morgan fingerprint density at radius 1 is 1.42 bits per heavy atom. The van der Waals surface area contributed by atoms with Crippen LogP contribution in [0.25, 0.3) is 11.3 Å². The molecule has 0 radical (unpaired) electrons. The number of H-pyrrole nitrogens is 1. The van der Waals surface area contributed by atoms with Gasteiger partial charge in [-0.2, -0.15) is 10.3 Å². The van der Waals surface area contributed by atoms with Crippen molar-refractivity contribution in [2.24, 2.45) is 0 Å². The number of rotatable bonds is 3. The first-order valence-electron chi connectivity index (χ1n) is 5.27. The highest BCUT2D eigenvalue weighted by molar-refractivity contribution is 9.10. The lowest BCUT2D eigenvalue weighted by Gasteiger charge is -2.04. The highest BCUT2D eigenvalue weighted by Gasteiger charge is 2.22. The predicted molar refractivity (Wildman–Crippen MR) is 65.4 cm³/mol. The summed E-state index contributed by atoms with van der Waals surface area (Å²) < 4.78 is 31.5. The Bertz CT molecular complexity index is 630. The number of ether oxygens (including phenoxy) is 1. The van der Waals surface area contributed by atoms with Crippen LogP contribution in [0.4, 0.5) is 8.78 Å².